The lowest BCUT2D eigenvalue weighted by Gasteiger charge is -2.28. The number of aliphatic carboxylic acids is 2. The Morgan fingerprint density at radius 1 is 1.28 bits per heavy atom. The fraction of sp³-hybridized carbons (Fsp3) is 0.545. The molecule has 0 saturated carbocycles. The third-order valence-corrected chi connectivity index (χ3v) is 2.60. The molecular formula is C11H15NO6. The monoisotopic (exact) mass is 257 g/mol. The van der Waals surface area contributed by atoms with E-state index in [0.29, 0.717) is 19.4 Å². The summed E-state index contributed by atoms with van der Waals surface area (Å²) in [5.41, 5.74) is -0.404. The van der Waals surface area contributed by atoms with Crippen LogP contribution in [-0.2, 0) is 14.3 Å². The van der Waals surface area contributed by atoms with Crippen LogP contribution in [0.15, 0.2) is 11.1 Å². The van der Waals surface area contributed by atoms with Gasteiger partial charge in [-0.2, -0.15) is 0 Å². The van der Waals surface area contributed by atoms with Gasteiger partial charge in [0.2, 0.25) is 0 Å². The Balaban J connectivity index is 2.91. The number of carboxylic acids is 2. The van der Waals surface area contributed by atoms with Gasteiger partial charge in [0.15, 0.2) is 0 Å². The zero-order valence-electron chi connectivity index (χ0n) is 10.0. The van der Waals surface area contributed by atoms with Crippen LogP contribution in [0.5, 0.6) is 0 Å². The Morgan fingerprint density at radius 2 is 1.89 bits per heavy atom. The predicted octanol–water partition coefficient (Wildman–Crippen LogP) is 0.705. The van der Waals surface area contributed by atoms with Crippen molar-refractivity contribution in [2.45, 2.75) is 19.8 Å². The van der Waals surface area contributed by atoms with E-state index in [4.69, 9.17) is 14.9 Å². The summed E-state index contributed by atoms with van der Waals surface area (Å²) in [6, 6.07) is 0. The number of carbonyl (C=O) groups excluding carboxylic acids is 1. The fourth-order valence-corrected chi connectivity index (χ4v) is 1.84. The third-order valence-electron chi connectivity index (χ3n) is 2.60. The summed E-state index contributed by atoms with van der Waals surface area (Å²) < 4.78 is 4.80. The maximum Gasteiger partial charge on any atom is 0.410 e. The molecule has 0 unspecified atom stereocenters. The first kappa shape index (κ1) is 14.0. The molecule has 0 spiro atoms. The first-order valence-electron chi connectivity index (χ1n) is 5.57. The highest BCUT2D eigenvalue weighted by Gasteiger charge is 2.28. The lowest BCUT2D eigenvalue weighted by Crippen LogP contribution is -2.38. The Bertz CT molecular complexity index is 384. The van der Waals surface area contributed by atoms with E-state index >= 15 is 0 Å². The normalized spacial score (nSPS) is 15.2. The average Bonchev–Trinajstić information content (AvgIpc) is 2.28. The Hall–Kier alpha value is -2.05. The van der Waals surface area contributed by atoms with Crippen molar-refractivity contribution in [2.75, 3.05) is 19.7 Å². The van der Waals surface area contributed by atoms with E-state index in [9.17, 15) is 14.4 Å². The number of piperidine rings is 1. The third kappa shape index (κ3) is 3.22. The van der Waals surface area contributed by atoms with E-state index in [1.807, 2.05) is 0 Å². The molecule has 1 aliphatic rings. The molecule has 1 amide bonds. The van der Waals surface area contributed by atoms with Gasteiger partial charge in [-0.1, -0.05) is 0 Å². The van der Waals surface area contributed by atoms with Crippen molar-refractivity contribution in [3.63, 3.8) is 0 Å². The van der Waals surface area contributed by atoms with Crippen molar-refractivity contribution in [1.29, 1.82) is 0 Å². The van der Waals surface area contributed by atoms with Gasteiger partial charge in [-0.15, -0.1) is 0 Å². The maximum atomic E-state index is 11.5. The van der Waals surface area contributed by atoms with Crippen LogP contribution >= 0.6 is 0 Å². The minimum Gasteiger partial charge on any atom is -0.477 e. The highest BCUT2D eigenvalue weighted by Crippen LogP contribution is 2.20. The van der Waals surface area contributed by atoms with Gasteiger partial charge in [-0.3, -0.25) is 0 Å². The van der Waals surface area contributed by atoms with Crippen molar-refractivity contribution < 1.29 is 29.3 Å². The van der Waals surface area contributed by atoms with E-state index in [0.717, 1.165) is 0 Å². The second-order valence-corrected chi connectivity index (χ2v) is 3.81. The van der Waals surface area contributed by atoms with Crippen molar-refractivity contribution >= 4 is 18.0 Å². The number of rotatable bonds is 3. The molecule has 0 aromatic heterocycles. The number of carbonyl (C=O) groups is 3. The molecule has 2 N–H and O–H groups in total. The molecule has 0 aromatic rings. The molecule has 1 rings (SSSR count). The molecule has 100 valence electrons. The van der Waals surface area contributed by atoms with Gasteiger partial charge < -0.3 is 19.8 Å². The largest absolute Gasteiger partial charge is 0.477 e. The van der Waals surface area contributed by atoms with Crippen LogP contribution in [0.1, 0.15) is 19.8 Å². The molecule has 0 aromatic carbocycles. The summed E-state index contributed by atoms with van der Waals surface area (Å²) >= 11 is 0. The van der Waals surface area contributed by atoms with E-state index in [2.05, 4.69) is 0 Å². The number of hydrogen-bond acceptors (Lipinski definition) is 4. The topological polar surface area (TPSA) is 104 Å². The first-order chi connectivity index (χ1) is 8.47. The molecular weight excluding hydrogens is 242 g/mol. The minimum atomic E-state index is -1.48. The molecule has 0 radical (unpaired) electrons. The average molecular weight is 257 g/mol. The molecule has 0 aliphatic carbocycles. The van der Waals surface area contributed by atoms with Crippen molar-refractivity contribution in [3.8, 4) is 0 Å². The van der Waals surface area contributed by atoms with Crippen LogP contribution in [0.4, 0.5) is 4.79 Å². The van der Waals surface area contributed by atoms with Gasteiger partial charge in [0, 0.05) is 13.1 Å². The summed E-state index contributed by atoms with van der Waals surface area (Å²) in [5, 5.41) is 17.7. The zero-order chi connectivity index (χ0) is 13.7. The SMILES string of the molecule is CCOC(=O)N1CCCC(=C(C(=O)O)C(=O)O)C1. The number of hydrogen-bond donors (Lipinski definition) is 2. The van der Waals surface area contributed by atoms with Crippen molar-refractivity contribution in [1.82, 2.24) is 4.90 Å². The van der Waals surface area contributed by atoms with E-state index < -0.39 is 23.6 Å². The van der Waals surface area contributed by atoms with Crippen molar-refractivity contribution in [2.24, 2.45) is 0 Å². The van der Waals surface area contributed by atoms with Gasteiger partial charge >= 0.3 is 18.0 Å². The van der Waals surface area contributed by atoms with Crippen molar-refractivity contribution in [3.05, 3.63) is 11.1 Å². The number of amides is 1. The van der Waals surface area contributed by atoms with E-state index in [1.54, 1.807) is 6.92 Å². The highest BCUT2D eigenvalue weighted by molar-refractivity contribution is 6.13. The van der Waals surface area contributed by atoms with Gasteiger partial charge in [-0.25, -0.2) is 14.4 Å². The van der Waals surface area contributed by atoms with Gasteiger partial charge in [0.25, 0.3) is 0 Å². The maximum absolute atomic E-state index is 11.5. The molecule has 0 atom stereocenters. The summed E-state index contributed by atoms with van der Waals surface area (Å²) in [6.07, 6.45) is 0.340. The number of ether oxygens (including phenoxy) is 1. The van der Waals surface area contributed by atoms with Crippen LogP contribution in [0.25, 0.3) is 0 Å². The Labute approximate surface area is 104 Å². The summed E-state index contributed by atoms with van der Waals surface area (Å²) in [7, 11) is 0. The molecule has 1 saturated heterocycles. The standard InChI is InChI=1S/C11H15NO6/c1-2-18-11(17)12-5-3-4-7(6-12)8(9(13)14)10(15)16/h2-6H2,1H3,(H,13,14)(H,15,16). The Kier molecular flexibility index (Phi) is 4.70. The second-order valence-electron chi connectivity index (χ2n) is 3.81. The molecule has 7 nitrogen and oxygen atoms in total. The van der Waals surface area contributed by atoms with Crippen LogP contribution in [0, 0.1) is 0 Å². The number of nitrogens with zero attached hydrogens (tertiary/aromatic N) is 1. The number of carboxylic acid groups (broad SMARTS) is 2. The molecule has 0 bridgehead atoms. The van der Waals surface area contributed by atoms with E-state index in [-0.39, 0.29) is 18.7 Å². The predicted molar refractivity (Wildman–Crippen MR) is 60.1 cm³/mol. The van der Waals surface area contributed by atoms with Crippen LogP contribution in [0.2, 0.25) is 0 Å². The second kappa shape index (κ2) is 6.04. The smallest absolute Gasteiger partial charge is 0.410 e. The molecule has 7 heteroatoms. The van der Waals surface area contributed by atoms with Crippen LogP contribution < -0.4 is 0 Å². The van der Waals surface area contributed by atoms with Gasteiger partial charge in [0.1, 0.15) is 5.57 Å². The fourth-order valence-electron chi connectivity index (χ4n) is 1.84. The highest BCUT2D eigenvalue weighted by atomic mass is 16.6. The first-order valence-corrected chi connectivity index (χ1v) is 5.57. The Morgan fingerprint density at radius 3 is 2.39 bits per heavy atom. The lowest BCUT2D eigenvalue weighted by molar-refractivity contribution is -0.140. The van der Waals surface area contributed by atoms with Gasteiger partial charge in [0.05, 0.1) is 6.61 Å². The summed E-state index contributed by atoms with van der Waals surface area (Å²) in [6.45, 7) is 2.32. The lowest BCUT2D eigenvalue weighted by atomic mass is 9.99. The number of likely N-dealkylation sites (tertiary alicyclic amines) is 1. The molecule has 1 fully saturated rings. The molecule has 1 heterocycles. The molecule has 18 heavy (non-hydrogen) atoms. The van der Waals surface area contributed by atoms with E-state index in [1.165, 1.54) is 4.90 Å². The summed E-state index contributed by atoms with van der Waals surface area (Å²) in [5.74, 6) is -2.97. The molecule has 1 aliphatic heterocycles. The van der Waals surface area contributed by atoms with Gasteiger partial charge in [-0.05, 0) is 25.3 Å². The minimum absolute atomic E-state index is 0.00718. The van der Waals surface area contributed by atoms with Crippen LogP contribution in [-0.4, -0.2) is 52.8 Å². The summed E-state index contributed by atoms with van der Waals surface area (Å²) in [4.78, 5) is 34.5. The zero-order valence-corrected chi connectivity index (χ0v) is 10.0. The quantitative estimate of drug-likeness (QED) is 0.438. The van der Waals surface area contributed by atoms with Crippen LogP contribution in [0.3, 0.4) is 0 Å².